The van der Waals surface area contributed by atoms with Crippen molar-refractivity contribution >= 4 is 5.91 Å². The highest BCUT2D eigenvalue weighted by Crippen LogP contribution is 2.23. The minimum atomic E-state index is 0.0903. The van der Waals surface area contributed by atoms with E-state index < -0.39 is 0 Å². The van der Waals surface area contributed by atoms with Gasteiger partial charge in [-0.3, -0.25) is 4.79 Å². The third-order valence-corrected chi connectivity index (χ3v) is 4.95. The van der Waals surface area contributed by atoms with Gasteiger partial charge < -0.3 is 19.7 Å². The number of rotatable bonds is 5. The van der Waals surface area contributed by atoms with E-state index in [9.17, 15) is 4.79 Å². The van der Waals surface area contributed by atoms with Crippen LogP contribution in [0.4, 0.5) is 0 Å². The van der Waals surface area contributed by atoms with Crippen LogP contribution in [0.5, 0.6) is 0 Å². The maximum atomic E-state index is 12.7. The quantitative estimate of drug-likeness (QED) is 0.895. The maximum absolute atomic E-state index is 12.7. The number of hydrogen-bond acceptors (Lipinski definition) is 4. The fraction of sp³-hybridized carbons (Fsp3) is 0.632. The second-order valence-corrected chi connectivity index (χ2v) is 6.52. The molecule has 0 bridgehead atoms. The average Bonchev–Trinajstić information content (AvgIpc) is 2.67. The zero-order valence-electron chi connectivity index (χ0n) is 14.5. The molecule has 0 radical (unpaired) electrons. The van der Waals surface area contributed by atoms with Gasteiger partial charge in [-0.05, 0) is 30.4 Å². The van der Waals surface area contributed by atoms with Gasteiger partial charge in [0.1, 0.15) is 6.61 Å². The summed E-state index contributed by atoms with van der Waals surface area (Å²) in [5, 5.41) is 3.40. The van der Waals surface area contributed by atoms with Crippen LogP contribution in [0.1, 0.15) is 36.9 Å². The van der Waals surface area contributed by atoms with Gasteiger partial charge in [-0.25, -0.2) is 0 Å². The summed E-state index contributed by atoms with van der Waals surface area (Å²) in [6, 6.07) is 8.71. The molecule has 132 valence electrons. The molecule has 1 atom stereocenters. The SMILES string of the molecule is CCc1ccc(C2CNCCN2C(=O)COC2CCOCC2)cc1. The van der Waals surface area contributed by atoms with Crippen molar-refractivity contribution in [1.29, 1.82) is 0 Å². The zero-order valence-corrected chi connectivity index (χ0v) is 14.5. The van der Waals surface area contributed by atoms with Crippen LogP contribution in [0.3, 0.4) is 0 Å². The van der Waals surface area contributed by atoms with Crippen molar-refractivity contribution in [3.05, 3.63) is 35.4 Å². The molecule has 0 aliphatic carbocycles. The largest absolute Gasteiger partial charge is 0.381 e. The lowest BCUT2D eigenvalue weighted by Gasteiger charge is -2.37. The summed E-state index contributed by atoms with van der Waals surface area (Å²) in [6.07, 6.45) is 2.96. The van der Waals surface area contributed by atoms with Crippen molar-refractivity contribution < 1.29 is 14.3 Å². The van der Waals surface area contributed by atoms with E-state index >= 15 is 0 Å². The van der Waals surface area contributed by atoms with E-state index in [1.165, 1.54) is 11.1 Å². The van der Waals surface area contributed by atoms with Crippen LogP contribution in [0.25, 0.3) is 0 Å². The Kier molecular flexibility index (Phi) is 6.24. The molecule has 1 aromatic rings. The number of nitrogens with one attached hydrogen (secondary N) is 1. The number of benzene rings is 1. The van der Waals surface area contributed by atoms with Crippen molar-refractivity contribution in [1.82, 2.24) is 10.2 Å². The Bertz CT molecular complexity index is 526. The zero-order chi connectivity index (χ0) is 16.8. The predicted octanol–water partition coefficient (Wildman–Crippen LogP) is 1.92. The molecule has 1 aromatic carbocycles. The van der Waals surface area contributed by atoms with Gasteiger partial charge >= 0.3 is 0 Å². The molecule has 0 saturated carbocycles. The first kappa shape index (κ1) is 17.4. The Labute approximate surface area is 144 Å². The first-order valence-electron chi connectivity index (χ1n) is 9.06. The van der Waals surface area contributed by atoms with Crippen LogP contribution < -0.4 is 5.32 Å². The van der Waals surface area contributed by atoms with Crippen LogP contribution in [-0.4, -0.2) is 56.4 Å². The Morgan fingerprint density at radius 2 is 2.04 bits per heavy atom. The topological polar surface area (TPSA) is 50.8 Å². The van der Waals surface area contributed by atoms with Gasteiger partial charge in [-0.1, -0.05) is 31.2 Å². The molecule has 24 heavy (non-hydrogen) atoms. The fourth-order valence-electron chi connectivity index (χ4n) is 3.39. The van der Waals surface area contributed by atoms with Crippen molar-refractivity contribution in [2.45, 2.75) is 38.3 Å². The number of aryl methyl sites for hydroxylation is 1. The van der Waals surface area contributed by atoms with Gasteiger partial charge in [-0.15, -0.1) is 0 Å². The number of piperazine rings is 1. The van der Waals surface area contributed by atoms with Crippen molar-refractivity contribution in [3.63, 3.8) is 0 Å². The second kappa shape index (κ2) is 8.60. The minimum Gasteiger partial charge on any atom is -0.381 e. The molecule has 5 heteroatoms. The number of ether oxygens (including phenoxy) is 2. The lowest BCUT2D eigenvalue weighted by atomic mass is 10.0. The highest BCUT2D eigenvalue weighted by molar-refractivity contribution is 5.78. The van der Waals surface area contributed by atoms with Crippen molar-refractivity contribution in [2.24, 2.45) is 0 Å². The van der Waals surface area contributed by atoms with E-state index in [1.807, 2.05) is 4.90 Å². The van der Waals surface area contributed by atoms with Crippen molar-refractivity contribution in [3.8, 4) is 0 Å². The minimum absolute atomic E-state index is 0.0903. The van der Waals surface area contributed by atoms with Gasteiger partial charge in [0, 0.05) is 32.8 Å². The molecule has 1 amide bonds. The summed E-state index contributed by atoms with van der Waals surface area (Å²) in [6.45, 7) is 6.17. The summed E-state index contributed by atoms with van der Waals surface area (Å²) < 4.78 is 11.2. The van der Waals surface area contributed by atoms with Gasteiger partial charge in [0.25, 0.3) is 0 Å². The molecule has 2 aliphatic heterocycles. The van der Waals surface area contributed by atoms with Crippen LogP contribution >= 0.6 is 0 Å². The van der Waals surface area contributed by atoms with Gasteiger partial charge in [0.05, 0.1) is 12.1 Å². The van der Waals surface area contributed by atoms with Crippen LogP contribution in [0.2, 0.25) is 0 Å². The standard InChI is InChI=1S/C19H28N2O3/c1-2-15-3-5-16(6-4-15)18-13-20-9-10-21(18)19(22)14-24-17-7-11-23-12-8-17/h3-6,17-18,20H,2,7-14H2,1H3. The molecule has 2 aliphatic rings. The number of amides is 1. The van der Waals surface area contributed by atoms with Gasteiger partial charge in [-0.2, -0.15) is 0 Å². The molecule has 1 N–H and O–H groups in total. The molecule has 0 aromatic heterocycles. The second-order valence-electron chi connectivity index (χ2n) is 6.52. The lowest BCUT2D eigenvalue weighted by molar-refractivity contribution is -0.143. The summed E-state index contributed by atoms with van der Waals surface area (Å²) in [4.78, 5) is 14.7. The maximum Gasteiger partial charge on any atom is 0.249 e. The molecule has 2 saturated heterocycles. The number of hydrogen-bond donors (Lipinski definition) is 1. The number of nitrogens with zero attached hydrogens (tertiary/aromatic N) is 1. The first-order valence-corrected chi connectivity index (χ1v) is 9.06. The molecule has 3 rings (SSSR count). The molecule has 2 heterocycles. The predicted molar refractivity (Wildman–Crippen MR) is 92.9 cm³/mol. The molecule has 5 nitrogen and oxygen atoms in total. The molecular formula is C19H28N2O3. The van der Waals surface area contributed by atoms with E-state index in [-0.39, 0.29) is 24.7 Å². The summed E-state index contributed by atoms with van der Waals surface area (Å²) >= 11 is 0. The third kappa shape index (κ3) is 4.35. The third-order valence-electron chi connectivity index (χ3n) is 4.95. The highest BCUT2D eigenvalue weighted by atomic mass is 16.5. The van der Waals surface area contributed by atoms with Gasteiger partial charge in [0.15, 0.2) is 0 Å². The number of carbonyl (C=O) groups is 1. The Morgan fingerprint density at radius 1 is 1.29 bits per heavy atom. The Balaban J connectivity index is 1.61. The molecule has 2 fully saturated rings. The number of carbonyl (C=O) groups excluding carboxylic acids is 1. The summed E-state index contributed by atoms with van der Waals surface area (Å²) in [5.74, 6) is 0.0903. The van der Waals surface area contributed by atoms with E-state index in [2.05, 4.69) is 36.5 Å². The van der Waals surface area contributed by atoms with Crippen LogP contribution in [0, 0.1) is 0 Å². The highest BCUT2D eigenvalue weighted by Gasteiger charge is 2.28. The Morgan fingerprint density at radius 3 is 2.75 bits per heavy atom. The summed E-state index contributed by atoms with van der Waals surface area (Å²) in [7, 11) is 0. The molecule has 1 unspecified atom stereocenters. The smallest absolute Gasteiger partial charge is 0.249 e. The lowest BCUT2D eigenvalue weighted by Crippen LogP contribution is -2.50. The molecular weight excluding hydrogens is 304 g/mol. The Hall–Kier alpha value is -1.43. The van der Waals surface area contributed by atoms with E-state index in [0.717, 1.165) is 52.1 Å². The van der Waals surface area contributed by atoms with E-state index in [1.54, 1.807) is 0 Å². The first-order chi connectivity index (χ1) is 11.8. The summed E-state index contributed by atoms with van der Waals surface area (Å²) in [5.41, 5.74) is 2.52. The normalized spacial score (nSPS) is 22.5. The monoisotopic (exact) mass is 332 g/mol. The van der Waals surface area contributed by atoms with Crippen molar-refractivity contribution in [2.75, 3.05) is 39.5 Å². The average molecular weight is 332 g/mol. The fourth-order valence-corrected chi connectivity index (χ4v) is 3.39. The molecule has 0 spiro atoms. The van der Waals surface area contributed by atoms with E-state index in [4.69, 9.17) is 9.47 Å². The van der Waals surface area contributed by atoms with Gasteiger partial charge in [0.2, 0.25) is 5.91 Å². The van der Waals surface area contributed by atoms with Crippen LogP contribution in [0.15, 0.2) is 24.3 Å². The van der Waals surface area contributed by atoms with Crippen LogP contribution in [-0.2, 0) is 20.7 Å². The van der Waals surface area contributed by atoms with E-state index in [0.29, 0.717) is 0 Å².